The van der Waals surface area contributed by atoms with Gasteiger partial charge in [0.15, 0.2) is 0 Å². The minimum atomic E-state index is 0.597. The van der Waals surface area contributed by atoms with Crippen molar-refractivity contribution in [3.8, 4) is 0 Å². The summed E-state index contributed by atoms with van der Waals surface area (Å²) in [5, 5.41) is 11.1. The quantitative estimate of drug-likeness (QED) is 0.779. The lowest BCUT2D eigenvalue weighted by Gasteiger charge is -2.13. The van der Waals surface area contributed by atoms with Gasteiger partial charge in [-0.15, -0.1) is 0 Å². The summed E-state index contributed by atoms with van der Waals surface area (Å²) in [6.07, 6.45) is 5.38. The molecule has 1 aromatic rings. The van der Waals surface area contributed by atoms with Gasteiger partial charge in [0.2, 0.25) is 0 Å². The van der Waals surface area contributed by atoms with Gasteiger partial charge in [-0.3, -0.25) is 0 Å². The standard InChI is InChI=1S/C11H19N3O/c1-3-4-11(5-6-11)8-12-7-10-9(2)13-15-14-10/h12H,3-8H2,1-2H3. The summed E-state index contributed by atoms with van der Waals surface area (Å²) in [5.41, 5.74) is 2.42. The van der Waals surface area contributed by atoms with Crippen LogP contribution in [0.4, 0.5) is 0 Å². The first kappa shape index (κ1) is 10.6. The summed E-state index contributed by atoms with van der Waals surface area (Å²) in [6, 6.07) is 0. The summed E-state index contributed by atoms with van der Waals surface area (Å²) in [4.78, 5) is 0. The first-order valence-corrected chi connectivity index (χ1v) is 5.74. The normalized spacial score (nSPS) is 18.0. The fourth-order valence-electron chi connectivity index (χ4n) is 2.08. The van der Waals surface area contributed by atoms with Crippen molar-refractivity contribution in [1.29, 1.82) is 0 Å². The van der Waals surface area contributed by atoms with E-state index in [1.54, 1.807) is 0 Å². The van der Waals surface area contributed by atoms with Crippen LogP contribution in [-0.4, -0.2) is 16.9 Å². The third-order valence-corrected chi connectivity index (χ3v) is 3.28. The molecule has 1 aromatic heterocycles. The van der Waals surface area contributed by atoms with Crippen molar-refractivity contribution in [3.63, 3.8) is 0 Å². The van der Waals surface area contributed by atoms with Crippen molar-refractivity contribution in [2.45, 2.75) is 46.1 Å². The SMILES string of the molecule is CCCC1(CNCc2nonc2C)CC1. The van der Waals surface area contributed by atoms with Gasteiger partial charge in [0, 0.05) is 13.1 Å². The molecule has 0 aromatic carbocycles. The predicted molar refractivity (Wildman–Crippen MR) is 57.3 cm³/mol. The highest BCUT2D eigenvalue weighted by Gasteiger charge is 2.40. The van der Waals surface area contributed by atoms with E-state index in [1.165, 1.54) is 25.7 Å². The third kappa shape index (κ3) is 2.56. The second kappa shape index (κ2) is 4.31. The molecule has 1 aliphatic rings. The lowest BCUT2D eigenvalue weighted by molar-refractivity contribution is 0.299. The lowest BCUT2D eigenvalue weighted by Crippen LogP contribution is -2.24. The summed E-state index contributed by atoms with van der Waals surface area (Å²) < 4.78 is 4.65. The van der Waals surface area contributed by atoms with Gasteiger partial charge in [-0.05, 0) is 31.6 Å². The second-order valence-corrected chi connectivity index (χ2v) is 4.65. The maximum absolute atomic E-state index is 4.65. The van der Waals surface area contributed by atoms with Gasteiger partial charge in [-0.2, -0.15) is 0 Å². The molecular formula is C11H19N3O. The Hall–Kier alpha value is -0.900. The van der Waals surface area contributed by atoms with Gasteiger partial charge in [0.05, 0.1) is 0 Å². The molecule has 1 aliphatic carbocycles. The highest BCUT2D eigenvalue weighted by molar-refractivity contribution is 5.04. The molecule has 0 bridgehead atoms. The van der Waals surface area contributed by atoms with E-state index < -0.39 is 0 Å². The Morgan fingerprint density at radius 2 is 2.20 bits per heavy atom. The van der Waals surface area contributed by atoms with Crippen LogP contribution in [0.3, 0.4) is 0 Å². The Labute approximate surface area is 90.4 Å². The van der Waals surface area contributed by atoms with Crippen LogP contribution in [0.1, 0.15) is 44.0 Å². The molecule has 0 spiro atoms. The van der Waals surface area contributed by atoms with E-state index in [0.717, 1.165) is 24.5 Å². The first-order valence-electron chi connectivity index (χ1n) is 5.74. The molecule has 1 N–H and O–H groups in total. The van der Waals surface area contributed by atoms with E-state index in [-0.39, 0.29) is 0 Å². The largest absolute Gasteiger partial charge is 0.310 e. The molecule has 4 nitrogen and oxygen atoms in total. The molecule has 84 valence electrons. The van der Waals surface area contributed by atoms with Gasteiger partial charge in [0.25, 0.3) is 0 Å². The van der Waals surface area contributed by atoms with Crippen LogP contribution in [0, 0.1) is 12.3 Å². The molecule has 0 atom stereocenters. The van der Waals surface area contributed by atoms with Gasteiger partial charge >= 0.3 is 0 Å². The zero-order valence-corrected chi connectivity index (χ0v) is 9.55. The summed E-state index contributed by atoms with van der Waals surface area (Å²) in [6.45, 7) is 6.06. The maximum Gasteiger partial charge on any atom is 0.121 e. The van der Waals surface area contributed by atoms with Gasteiger partial charge in [-0.1, -0.05) is 23.7 Å². The fraction of sp³-hybridized carbons (Fsp3) is 0.818. The molecule has 0 unspecified atom stereocenters. The number of nitrogens with zero attached hydrogens (tertiary/aromatic N) is 2. The van der Waals surface area contributed by atoms with Crippen molar-refractivity contribution >= 4 is 0 Å². The molecule has 1 heterocycles. The minimum Gasteiger partial charge on any atom is -0.310 e. The Kier molecular flexibility index (Phi) is 3.05. The second-order valence-electron chi connectivity index (χ2n) is 4.65. The predicted octanol–water partition coefficient (Wildman–Crippen LogP) is 2.05. The summed E-state index contributed by atoms with van der Waals surface area (Å²) >= 11 is 0. The topological polar surface area (TPSA) is 51.0 Å². The molecular weight excluding hydrogens is 190 g/mol. The van der Waals surface area contributed by atoms with Gasteiger partial charge in [-0.25, -0.2) is 4.63 Å². The average Bonchev–Trinajstić information content (AvgIpc) is 2.85. The van der Waals surface area contributed by atoms with Crippen molar-refractivity contribution in [2.24, 2.45) is 5.41 Å². The first-order chi connectivity index (χ1) is 7.26. The number of rotatable bonds is 6. The number of nitrogens with one attached hydrogen (secondary N) is 1. The fourth-order valence-corrected chi connectivity index (χ4v) is 2.08. The van der Waals surface area contributed by atoms with Crippen molar-refractivity contribution in [3.05, 3.63) is 11.4 Å². The molecule has 1 fully saturated rings. The number of aromatic nitrogens is 2. The van der Waals surface area contributed by atoms with Crippen LogP contribution in [0.5, 0.6) is 0 Å². The highest BCUT2D eigenvalue weighted by atomic mass is 16.6. The van der Waals surface area contributed by atoms with Gasteiger partial charge < -0.3 is 5.32 Å². The van der Waals surface area contributed by atoms with E-state index in [1.807, 2.05) is 6.92 Å². The van der Waals surface area contributed by atoms with Crippen molar-refractivity contribution in [2.75, 3.05) is 6.54 Å². The Morgan fingerprint density at radius 1 is 1.40 bits per heavy atom. The molecule has 15 heavy (non-hydrogen) atoms. The summed E-state index contributed by atoms with van der Waals surface area (Å²) in [7, 11) is 0. The molecule has 2 rings (SSSR count). The molecule has 1 saturated carbocycles. The lowest BCUT2D eigenvalue weighted by atomic mass is 10.0. The van der Waals surface area contributed by atoms with Crippen molar-refractivity contribution in [1.82, 2.24) is 15.6 Å². The Balaban J connectivity index is 1.73. The van der Waals surface area contributed by atoms with Crippen molar-refractivity contribution < 1.29 is 4.63 Å². The van der Waals surface area contributed by atoms with Crippen LogP contribution in [0.25, 0.3) is 0 Å². The Bertz CT molecular complexity index is 317. The minimum absolute atomic E-state index is 0.597. The maximum atomic E-state index is 4.65. The monoisotopic (exact) mass is 209 g/mol. The molecule has 0 aliphatic heterocycles. The number of hydrogen-bond acceptors (Lipinski definition) is 4. The van der Waals surface area contributed by atoms with Crippen LogP contribution in [0.2, 0.25) is 0 Å². The molecule has 4 heteroatoms. The van der Waals surface area contributed by atoms with Crippen LogP contribution in [-0.2, 0) is 6.54 Å². The zero-order chi connectivity index (χ0) is 10.7. The molecule has 0 saturated heterocycles. The van der Waals surface area contributed by atoms with E-state index in [9.17, 15) is 0 Å². The van der Waals surface area contributed by atoms with Gasteiger partial charge in [0.1, 0.15) is 11.4 Å². The average molecular weight is 209 g/mol. The van der Waals surface area contributed by atoms with E-state index in [0.29, 0.717) is 5.41 Å². The van der Waals surface area contributed by atoms with Crippen LogP contribution < -0.4 is 5.32 Å². The number of hydrogen-bond donors (Lipinski definition) is 1. The molecule has 0 amide bonds. The van der Waals surface area contributed by atoms with E-state index >= 15 is 0 Å². The zero-order valence-electron chi connectivity index (χ0n) is 9.55. The third-order valence-electron chi connectivity index (χ3n) is 3.28. The smallest absolute Gasteiger partial charge is 0.121 e. The molecule has 0 radical (unpaired) electrons. The van der Waals surface area contributed by atoms with E-state index in [2.05, 4.69) is 27.2 Å². The summed E-state index contributed by atoms with van der Waals surface area (Å²) in [5.74, 6) is 0. The van der Waals surface area contributed by atoms with Crippen LogP contribution >= 0.6 is 0 Å². The Morgan fingerprint density at radius 3 is 2.73 bits per heavy atom. The highest BCUT2D eigenvalue weighted by Crippen LogP contribution is 2.48. The van der Waals surface area contributed by atoms with Crippen LogP contribution in [0.15, 0.2) is 4.63 Å². The van der Waals surface area contributed by atoms with E-state index in [4.69, 9.17) is 0 Å². The number of aryl methyl sites for hydroxylation is 1.